The molecule has 0 spiro atoms. The minimum Gasteiger partial charge on any atom is -0.312 e. The van der Waals surface area contributed by atoms with E-state index in [0.29, 0.717) is 13.0 Å². The lowest BCUT2D eigenvalue weighted by molar-refractivity contribution is -0.116. The van der Waals surface area contributed by atoms with Crippen molar-refractivity contribution in [3.05, 3.63) is 40.7 Å². The summed E-state index contributed by atoms with van der Waals surface area (Å²) in [7, 11) is -3.63. The lowest BCUT2D eigenvalue weighted by Gasteiger charge is -2.17. The number of amides is 1. The van der Waals surface area contributed by atoms with Gasteiger partial charge in [-0.2, -0.15) is 5.10 Å². The molecule has 1 aromatic carbocycles. The second-order valence-corrected chi connectivity index (χ2v) is 8.92. The van der Waals surface area contributed by atoms with Crippen LogP contribution in [0, 0.1) is 20.8 Å². The van der Waals surface area contributed by atoms with Crippen LogP contribution in [-0.2, 0) is 21.2 Å². The quantitative estimate of drug-likeness (QED) is 0.849. The van der Waals surface area contributed by atoms with Gasteiger partial charge in [0.25, 0.3) is 0 Å². The first-order chi connectivity index (χ1) is 12.6. The van der Waals surface area contributed by atoms with Crippen molar-refractivity contribution in [2.75, 3.05) is 18.0 Å². The van der Waals surface area contributed by atoms with E-state index in [-0.39, 0.29) is 23.4 Å². The average Bonchev–Trinajstić information content (AvgIpc) is 3.16. The Kier molecular flexibility index (Phi) is 5.14. The van der Waals surface area contributed by atoms with Crippen molar-refractivity contribution >= 4 is 21.6 Å². The monoisotopic (exact) mass is 390 g/mol. The van der Waals surface area contributed by atoms with Crippen molar-refractivity contribution in [3.63, 3.8) is 0 Å². The highest BCUT2D eigenvalue weighted by atomic mass is 32.2. The molecule has 1 N–H and O–H groups in total. The van der Waals surface area contributed by atoms with Crippen LogP contribution in [0.4, 0.5) is 5.69 Å². The van der Waals surface area contributed by atoms with E-state index in [1.807, 2.05) is 32.4 Å². The number of anilines is 1. The third-order valence-corrected chi connectivity index (χ3v) is 6.73. The van der Waals surface area contributed by atoms with Gasteiger partial charge >= 0.3 is 0 Å². The summed E-state index contributed by atoms with van der Waals surface area (Å²) in [4.78, 5) is 13.5. The first-order valence-corrected chi connectivity index (χ1v) is 10.5. The number of fused-ring (bicyclic) bond motifs is 1. The first kappa shape index (κ1) is 19.6. The standard InChI is InChI=1S/C19H26N4O3S/c1-12(23-15(4)13(2)14(3)21-23)11-20-27(25,26)18-6-7-19-17(10-18)8-9-22(19)16(5)24/h6-7,10,12,20H,8-9,11H2,1-5H3/t12-/m1/s1. The zero-order valence-corrected chi connectivity index (χ0v) is 17.2. The van der Waals surface area contributed by atoms with Crippen LogP contribution in [0.15, 0.2) is 23.1 Å². The van der Waals surface area contributed by atoms with E-state index in [2.05, 4.69) is 9.82 Å². The Labute approximate surface area is 160 Å². The smallest absolute Gasteiger partial charge is 0.240 e. The van der Waals surface area contributed by atoms with Crippen molar-refractivity contribution < 1.29 is 13.2 Å². The molecule has 1 atom stereocenters. The first-order valence-electron chi connectivity index (χ1n) is 9.05. The van der Waals surface area contributed by atoms with Gasteiger partial charge in [0.2, 0.25) is 15.9 Å². The van der Waals surface area contributed by atoms with Crippen molar-refractivity contribution in [2.24, 2.45) is 0 Å². The molecule has 0 unspecified atom stereocenters. The summed E-state index contributed by atoms with van der Waals surface area (Å²) in [6, 6.07) is 4.83. The number of carbonyl (C=O) groups is 1. The minimum atomic E-state index is -3.63. The summed E-state index contributed by atoms with van der Waals surface area (Å²) in [6.07, 6.45) is 0.666. The lowest BCUT2D eigenvalue weighted by Crippen LogP contribution is -2.30. The van der Waals surface area contributed by atoms with Gasteiger partial charge in [0.05, 0.1) is 16.6 Å². The van der Waals surface area contributed by atoms with Crippen LogP contribution < -0.4 is 9.62 Å². The number of benzene rings is 1. The van der Waals surface area contributed by atoms with Gasteiger partial charge in [0, 0.05) is 31.4 Å². The van der Waals surface area contributed by atoms with Gasteiger partial charge in [-0.25, -0.2) is 13.1 Å². The van der Waals surface area contributed by atoms with E-state index in [0.717, 1.165) is 28.2 Å². The van der Waals surface area contributed by atoms with Gasteiger partial charge in [-0.1, -0.05) is 0 Å². The molecule has 146 valence electrons. The van der Waals surface area contributed by atoms with Crippen LogP contribution in [0.2, 0.25) is 0 Å². The average molecular weight is 391 g/mol. The highest BCUT2D eigenvalue weighted by Crippen LogP contribution is 2.30. The third-order valence-electron chi connectivity index (χ3n) is 5.31. The highest BCUT2D eigenvalue weighted by Gasteiger charge is 2.25. The van der Waals surface area contributed by atoms with Gasteiger partial charge in [-0.05, 0) is 63.4 Å². The van der Waals surface area contributed by atoms with Crippen LogP contribution in [0.1, 0.15) is 42.4 Å². The summed E-state index contributed by atoms with van der Waals surface area (Å²) < 4.78 is 30.0. The maximum Gasteiger partial charge on any atom is 0.240 e. The molecule has 0 bridgehead atoms. The predicted octanol–water partition coefficient (Wildman–Crippen LogP) is 2.26. The summed E-state index contributed by atoms with van der Waals surface area (Å²) in [5.74, 6) is -0.0310. The Hall–Kier alpha value is -2.19. The van der Waals surface area contributed by atoms with E-state index in [9.17, 15) is 13.2 Å². The molecule has 1 aliphatic rings. The van der Waals surface area contributed by atoms with E-state index in [4.69, 9.17) is 0 Å². The molecule has 0 fully saturated rings. The normalized spacial score (nSPS) is 15.1. The van der Waals surface area contributed by atoms with E-state index < -0.39 is 10.0 Å². The molecule has 8 heteroatoms. The number of nitrogens with one attached hydrogen (secondary N) is 1. The largest absolute Gasteiger partial charge is 0.312 e. The number of hydrogen-bond acceptors (Lipinski definition) is 4. The fourth-order valence-electron chi connectivity index (χ4n) is 3.45. The number of nitrogens with zero attached hydrogens (tertiary/aromatic N) is 3. The van der Waals surface area contributed by atoms with Gasteiger partial charge < -0.3 is 4.90 Å². The van der Waals surface area contributed by atoms with Crippen LogP contribution in [-0.4, -0.2) is 37.2 Å². The van der Waals surface area contributed by atoms with E-state index >= 15 is 0 Å². The Morgan fingerprint density at radius 3 is 2.59 bits per heavy atom. The van der Waals surface area contributed by atoms with Crippen molar-refractivity contribution in [3.8, 4) is 0 Å². The topological polar surface area (TPSA) is 84.3 Å². The van der Waals surface area contributed by atoms with Crippen LogP contribution in [0.25, 0.3) is 0 Å². The molecule has 7 nitrogen and oxygen atoms in total. The fraction of sp³-hybridized carbons (Fsp3) is 0.474. The van der Waals surface area contributed by atoms with Crippen molar-refractivity contribution in [1.82, 2.24) is 14.5 Å². The Morgan fingerprint density at radius 1 is 1.30 bits per heavy atom. The van der Waals surface area contributed by atoms with Crippen molar-refractivity contribution in [2.45, 2.75) is 52.0 Å². The highest BCUT2D eigenvalue weighted by molar-refractivity contribution is 7.89. The molecule has 3 rings (SSSR count). The fourth-order valence-corrected chi connectivity index (χ4v) is 4.62. The summed E-state index contributed by atoms with van der Waals surface area (Å²) >= 11 is 0. The SMILES string of the molecule is CC(=O)N1CCc2cc(S(=O)(=O)NC[C@@H](C)n3nc(C)c(C)c3C)ccc21. The number of hydrogen-bond donors (Lipinski definition) is 1. The molecule has 0 saturated carbocycles. The molecule has 0 radical (unpaired) electrons. The summed E-state index contributed by atoms with van der Waals surface area (Å²) in [6.45, 7) is 10.3. The van der Waals surface area contributed by atoms with Crippen LogP contribution >= 0.6 is 0 Å². The third kappa shape index (κ3) is 3.64. The molecule has 1 aromatic heterocycles. The molecular formula is C19H26N4O3S. The van der Waals surface area contributed by atoms with E-state index in [1.54, 1.807) is 23.1 Å². The van der Waals surface area contributed by atoms with Gasteiger partial charge in [-0.15, -0.1) is 0 Å². The number of aryl methyl sites for hydroxylation is 1. The van der Waals surface area contributed by atoms with Gasteiger partial charge in [-0.3, -0.25) is 9.48 Å². The zero-order valence-electron chi connectivity index (χ0n) is 16.4. The van der Waals surface area contributed by atoms with Gasteiger partial charge in [0.15, 0.2) is 0 Å². The molecule has 2 aromatic rings. The molecule has 1 aliphatic heterocycles. The predicted molar refractivity (Wildman–Crippen MR) is 105 cm³/mol. The second kappa shape index (κ2) is 7.09. The minimum absolute atomic E-state index is 0.0310. The maximum absolute atomic E-state index is 12.7. The van der Waals surface area contributed by atoms with Crippen LogP contribution in [0.5, 0.6) is 0 Å². The Morgan fingerprint density at radius 2 is 2.00 bits per heavy atom. The lowest BCUT2D eigenvalue weighted by atomic mass is 10.2. The maximum atomic E-state index is 12.7. The molecule has 0 saturated heterocycles. The number of carbonyl (C=O) groups excluding carboxylic acids is 1. The Balaban J connectivity index is 1.76. The van der Waals surface area contributed by atoms with Crippen LogP contribution in [0.3, 0.4) is 0 Å². The molecular weight excluding hydrogens is 364 g/mol. The molecule has 27 heavy (non-hydrogen) atoms. The number of sulfonamides is 1. The second-order valence-electron chi connectivity index (χ2n) is 7.15. The Bertz CT molecular complexity index is 995. The molecule has 0 aliphatic carbocycles. The molecule has 1 amide bonds. The van der Waals surface area contributed by atoms with E-state index in [1.165, 1.54) is 6.92 Å². The zero-order chi connectivity index (χ0) is 19.9. The van der Waals surface area contributed by atoms with Crippen molar-refractivity contribution in [1.29, 1.82) is 0 Å². The summed E-state index contributed by atoms with van der Waals surface area (Å²) in [5.41, 5.74) is 4.80. The van der Waals surface area contributed by atoms with Gasteiger partial charge in [0.1, 0.15) is 0 Å². The summed E-state index contributed by atoms with van der Waals surface area (Å²) in [5, 5.41) is 4.50. The molecule has 2 heterocycles. The number of aromatic nitrogens is 2. The number of rotatable bonds is 5.